The Balaban J connectivity index is 1.70. The highest BCUT2D eigenvalue weighted by molar-refractivity contribution is 5.92. The SMILES string of the molecule is C=C(CC(=O)Nc1ccc(C(C)C)cc1)NNC(=O)COc1ccccc1C. The minimum atomic E-state index is -0.367. The maximum Gasteiger partial charge on any atom is 0.276 e. The molecule has 0 saturated carbocycles. The predicted molar refractivity (Wildman–Crippen MR) is 111 cm³/mol. The number of hydrogen-bond acceptors (Lipinski definition) is 4. The summed E-state index contributed by atoms with van der Waals surface area (Å²) < 4.78 is 5.46. The van der Waals surface area contributed by atoms with Crippen molar-refractivity contribution >= 4 is 17.5 Å². The summed E-state index contributed by atoms with van der Waals surface area (Å²) in [6.45, 7) is 9.75. The first kappa shape index (κ1) is 21.0. The summed E-state index contributed by atoms with van der Waals surface area (Å²) in [6, 6.07) is 15.2. The van der Waals surface area contributed by atoms with E-state index in [-0.39, 0.29) is 24.8 Å². The zero-order chi connectivity index (χ0) is 20.5. The van der Waals surface area contributed by atoms with Gasteiger partial charge in [-0.2, -0.15) is 0 Å². The molecule has 0 aliphatic rings. The first-order valence-electron chi connectivity index (χ1n) is 9.16. The summed E-state index contributed by atoms with van der Waals surface area (Å²) in [7, 11) is 0. The van der Waals surface area contributed by atoms with Crippen molar-refractivity contribution in [1.82, 2.24) is 10.9 Å². The number of nitrogens with one attached hydrogen (secondary N) is 3. The predicted octanol–water partition coefficient (Wildman–Crippen LogP) is 3.66. The standard InChI is InChI=1S/C22H27N3O3/c1-15(2)18-9-11-19(12-10-18)23-21(26)13-17(4)24-25-22(27)14-28-20-8-6-5-7-16(20)3/h5-12,15,24H,4,13-14H2,1-3H3,(H,23,26)(H,25,27). The van der Waals surface area contributed by atoms with E-state index in [1.807, 2.05) is 49.4 Å². The minimum absolute atomic E-state index is 0.0326. The van der Waals surface area contributed by atoms with Gasteiger partial charge < -0.3 is 15.5 Å². The Bertz CT molecular complexity index is 829. The van der Waals surface area contributed by atoms with Gasteiger partial charge in [0.15, 0.2) is 6.61 Å². The lowest BCUT2D eigenvalue weighted by Crippen LogP contribution is -2.40. The molecule has 28 heavy (non-hydrogen) atoms. The van der Waals surface area contributed by atoms with Crippen LogP contribution in [0.25, 0.3) is 0 Å². The number of aryl methyl sites for hydroxylation is 1. The van der Waals surface area contributed by atoms with Crippen LogP contribution in [0.4, 0.5) is 5.69 Å². The molecule has 3 N–H and O–H groups in total. The van der Waals surface area contributed by atoms with Crippen LogP contribution in [0.5, 0.6) is 5.75 Å². The smallest absolute Gasteiger partial charge is 0.276 e. The first-order chi connectivity index (χ1) is 13.3. The second-order valence-electron chi connectivity index (χ2n) is 6.83. The van der Waals surface area contributed by atoms with E-state index < -0.39 is 0 Å². The van der Waals surface area contributed by atoms with E-state index in [0.29, 0.717) is 17.4 Å². The number of benzene rings is 2. The molecule has 0 aromatic heterocycles. The molecule has 0 unspecified atom stereocenters. The Morgan fingerprint density at radius 3 is 2.32 bits per heavy atom. The average molecular weight is 381 g/mol. The summed E-state index contributed by atoms with van der Waals surface area (Å²) in [5.74, 6) is 0.501. The summed E-state index contributed by atoms with van der Waals surface area (Å²) in [5, 5.41) is 2.80. The molecule has 0 heterocycles. The van der Waals surface area contributed by atoms with Crippen LogP contribution in [0.2, 0.25) is 0 Å². The van der Waals surface area contributed by atoms with Crippen molar-refractivity contribution < 1.29 is 14.3 Å². The van der Waals surface area contributed by atoms with E-state index >= 15 is 0 Å². The third-order valence-electron chi connectivity index (χ3n) is 4.07. The molecule has 0 spiro atoms. The Morgan fingerprint density at radius 2 is 1.68 bits per heavy atom. The lowest BCUT2D eigenvalue weighted by Gasteiger charge is -2.13. The normalized spacial score (nSPS) is 10.3. The number of hydrogen-bond donors (Lipinski definition) is 3. The number of anilines is 1. The van der Waals surface area contributed by atoms with Gasteiger partial charge in [0.2, 0.25) is 5.91 Å². The molecule has 2 amide bonds. The van der Waals surface area contributed by atoms with Crippen molar-refractivity contribution in [3.8, 4) is 5.75 Å². The molecular formula is C22H27N3O3. The van der Waals surface area contributed by atoms with Crippen LogP contribution in [0.1, 0.15) is 37.3 Å². The highest BCUT2D eigenvalue weighted by atomic mass is 16.5. The molecule has 2 aromatic carbocycles. The van der Waals surface area contributed by atoms with Gasteiger partial charge in [-0.25, -0.2) is 0 Å². The Hall–Kier alpha value is -3.28. The zero-order valence-corrected chi connectivity index (χ0v) is 16.5. The quantitative estimate of drug-likeness (QED) is 0.579. The van der Waals surface area contributed by atoms with Crippen LogP contribution in [0.3, 0.4) is 0 Å². The highest BCUT2D eigenvalue weighted by Gasteiger charge is 2.08. The fourth-order valence-electron chi connectivity index (χ4n) is 2.45. The van der Waals surface area contributed by atoms with Gasteiger partial charge in [-0.15, -0.1) is 0 Å². The van der Waals surface area contributed by atoms with Gasteiger partial charge in [0.05, 0.1) is 6.42 Å². The maximum atomic E-state index is 12.1. The van der Waals surface area contributed by atoms with Gasteiger partial charge in [-0.3, -0.25) is 15.0 Å². The van der Waals surface area contributed by atoms with Crippen molar-refractivity contribution in [1.29, 1.82) is 0 Å². The molecule has 0 fully saturated rings. The van der Waals surface area contributed by atoms with Gasteiger partial charge in [0, 0.05) is 11.4 Å². The third kappa shape index (κ3) is 6.79. The number of ether oxygens (including phenoxy) is 1. The van der Waals surface area contributed by atoms with Gasteiger partial charge in [-0.05, 0) is 42.2 Å². The molecule has 6 heteroatoms. The lowest BCUT2D eigenvalue weighted by molar-refractivity contribution is -0.124. The van der Waals surface area contributed by atoms with Gasteiger partial charge in [0.25, 0.3) is 5.91 Å². The molecule has 6 nitrogen and oxygen atoms in total. The first-order valence-corrected chi connectivity index (χ1v) is 9.16. The van der Waals surface area contributed by atoms with Crippen molar-refractivity contribution in [2.75, 3.05) is 11.9 Å². The van der Waals surface area contributed by atoms with E-state index in [1.54, 1.807) is 6.07 Å². The van der Waals surface area contributed by atoms with Crippen LogP contribution < -0.4 is 20.9 Å². The van der Waals surface area contributed by atoms with Gasteiger partial charge >= 0.3 is 0 Å². The molecule has 2 aromatic rings. The van der Waals surface area contributed by atoms with Gasteiger partial charge in [0.1, 0.15) is 5.75 Å². The molecular weight excluding hydrogens is 354 g/mol. The fraction of sp³-hybridized carbons (Fsp3) is 0.273. The average Bonchev–Trinajstić information content (AvgIpc) is 2.66. The van der Waals surface area contributed by atoms with Crippen LogP contribution >= 0.6 is 0 Å². The van der Waals surface area contributed by atoms with Crippen LogP contribution in [-0.4, -0.2) is 18.4 Å². The Kier molecular flexibility index (Phi) is 7.63. The highest BCUT2D eigenvalue weighted by Crippen LogP contribution is 2.17. The molecule has 0 radical (unpaired) electrons. The van der Waals surface area contributed by atoms with Crippen molar-refractivity contribution in [3.05, 3.63) is 71.9 Å². The van der Waals surface area contributed by atoms with Gasteiger partial charge in [-0.1, -0.05) is 50.8 Å². The monoisotopic (exact) mass is 381 g/mol. The maximum absolute atomic E-state index is 12.1. The second-order valence-corrected chi connectivity index (χ2v) is 6.83. The number of amides is 2. The van der Waals surface area contributed by atoms with Crippen molar-refractivity contribution in [3.63, 3.8) is 0 Å². The number of carbonyl (C=O) groups is 2. The fourth-order valence-corrected chi connectivity index (χ4v) is 2.45. The number of rotatable bonds is 9. The van der Waals surface area contributed by atoms with E-state index in [9.17, 15) is 9.59 Å². The molecule has 0 atom stereocenters. The Morgan fingerprint density at radius 1 is 1.00 bits per heavy atom. The number of hydrazine groups is 1. The second kappa shape index (κ2) is 10.2. The minimum Gasteiger partial charge on any atom is -0.483 e. The van der Waals surface area contributed by atoms with Crippen LogP contribution in [-0.2, 0) is 9.59 Å². The molecule has 0 aliphatic heterocycles. The summed E-state index contributed by atoms with van der Waals surface area (Å²) >= 11 is 0. The largest absolute Gasteiger partial charge is 0.483 e. The topological polar surface area (TPSA) is 79.5 Å². The third-order valence-corrected chi connectivity index (χ3v) is 4.07. The molecule has 2 rings (SSSR count). The van der Waals surface area contributed by atoms with E-state index in [4.69, 9.17) is 4.74 Å². The molecule has 148 valence electrons. The van der Waals surface area contributed by atoms with Crippen LogP contribution in [0.15, 0.2) is 60.8 Å². The van der Waals surface area contributed by atoms with Crippen LogP contribution in [0, 0.1) is 6.92 Å². The van der Waals surface area contributed by atoms with E-state index in [1.165, 1.54) is 5.56 Å². The molecule has 0 saturated heterocycles. The number of carbonyl (C=O) groups excluding carboxylic acids is 2. The number of para-hydroxylation sites is 1. The van der Waals surface area contributed by atoms with E-state index in [2.05, 4.69) is 36.6 Å². The van der Waals surface area contributed by atoms with E-state index in [0.717, 1.165) is 11.3 Å². The summed E-state index contributed by atoms with van der Waals surface area (Å²) in [5.41, 5.74) is 8.36. The summed E-state index contributed by atoms with van der Waals surface area (Å²) in [6.07, 6.45) is 0.0326. The molecule has 0 aliphatic carbocycles. The molecule has 0 bridgehead atoms. The van der Waals surface area contributed by atoms with Crippen molar-refractivity contribution in [2.45, 2.75) is 33.1 Å². The zero-order valence-electron chi connectivity index (χ0n) is 16.5. The lowest BCUT2D eigenvalue weighted by atomic mass is 10.0. The van der Waals surface area contributed by atoms with Crippen molar-refractivity contribution in [2.24, 2.45) is 0 Å². The Labute approximate surface area is 166 Å². The summed E-state index contributed by atoms with van der Waals surface area (Å²) in [4.78, 5) is 23.9.